The third-order valence-corrected chi connectivity index (χ3v) is 9.34. The van der Waals surface area contributed by atoms with E-state index in [1.165, 1.54) is 0 Å². The second-order valence-corrected chi connectivity index (χ2v) is 13.7. The van der Waals surface area contributed by atoms with E-state index in [-0.39, 0.29) is 11.5 Å². The molecule has 232 valence electrons. The molecule has 0 aromatic heterocycles. The minimum Gasteiger partial charge on any atom is -0.507 e. The van der Waals surface area contributed by atoms with Crippen LogP contribution in [0.1, 0.15) is 70.2 Å². The van der Waals surface area contributed by atoms with Crippen molar-refractivity contribution in [1.29, 1.82) is 0 Å². The van der Waals surface area contributed by atoms with E-state index in [1.807, 2.05) is 60.7 Å². The number of rotatable bonds is 10. The van der Waals surface area contributed by atoms with Crippen LogP contribution in [0.3, 0.4) is 0 Å². The van der Waals surface area contributed by atoms with E-state index in [0.29, 0.717) is 50.7 Å². The van der Waals surface area contributed by atoms with E-state index in [0.717, 1.165) is 90.6 Å². The van der Waals surface area contributed by atoms with Crippen molar-refractivity contribution in [2.45, 2.75) is 51.4 Å². The second-order valence-electron chi connectivity index (χ2n) is 11.2. The monoisotopic (exact) mass is 760 g/mol. The van der Waals surface area contributed by atoms with Gasteiger partial charge in [0.05, 0.1) is 13.2 Å². The summed E-state index contributed by atoms with van der Waals surface area (Å²) in [6, 6.07) is 20.1. The first-order chi connectivity index (χ1) is 21.4. The van der Waals surface area contributed by atoms with Gasteiger partial charge in [-0.15, -0.1) is 23.2 Å². The summed E-state index contributed by atoms with van der Waals surface area (Å²) in [6.45, 7) is 1.06. The molecule has 8 heteroatoms. The molecular formula is C36H36Br2Cl2O4. The van der Waals surface area contributed by atoms with Crippen LogP contribution in [-0.4, -0.2) is 35.2 Å². The van der Waals surface area contributed by atoms with Crippen LogP contribution in [0.5, 0.6) is 23.0 Å². The Morgan fingerprint density at radius 1 is 0.523 bits per heavy atom. The first-order valence-corrected chi connectivity index (χ1v) is 17.6. The minimum atomic E-state index is 0.268. The third kappa shape index (κ3) is 8.06. The van der Waals surface area contributed by atoms with Gasteiger partial charge in [0.2, 0.25) is 0 Å². The van der Waals surface area contributed by atoms with E-state index in [4.69, 9.17) is 32.7 Å². The molecule has 0 amide bonds. The fourth-order valence-electron chi connectivity index (χ4n) is 5.74. The van der Waals surface area contributed by atoms with Crippen molar-refractivity contribution >= 4 is 55.1 Å². The van der Waals surface area contributed by atoms with Gasteiger partial charge in [0.15, 0.2) is 0 Å². The van der Waals surface area contributed by atoms with Crippen LogP contribution in [0, 0.1) is 0 Å². The number of hydrogen-bond donors (Lipinski definition) is 2. The normalized spacial score (nSPS) is 12.6. The number of aromatic hydroxyl groups is 2. The summed E-state index contributed by atoms with van der Waals surface area (Å²) in [5.74, 6) is 3.28. The van der Waals surface area contributed by atoms with E-state index < -0.39 is 0 Å². The van der Waals surface area contributed by atoms with Crippen molar-refractivity contribution in [3.05, 3.63) is 114 Å². The molecule has 4 nitrogen and oxygen atoms in total. The Labute approximate surface area is 286 Å². The summed E-state index contributed by atoms with van der Waals surface area (Å²) >= 11 is 19.3. The van der Waals surface area contributed by atoms with Crippen LogP contribution in [-0.2, 0) is 25.7 Å². The van der Waals surface area contributed by atoms with Crippen molar-refractivity contribution in [3.63, 3.8) is 0 Å². The lowest BCUT2D eigenvalue weighted by Gasteiger charge is -2.21. The summed E-state index contributed by atoms with van der Waals surface area (Å²) in [7, 11) is 0. The second kappa shape index (κ2) is 15.8. The number of para-hydroxylation sites is 2. The molecule has 4 aromatic carbocycles. The van der Waals surface area contributed by atoms with Crippen molar-refractivity contribution < 1.29 is 19.7 Å². The number of phenolic OH excluding ortho intramolecular Hbond substituents is 2. The molecule has 4 aromatic rings. The fraction of sp³-hybridized carbons (Fsp3) is 0.333. The highest BCUT2D eigenvalue weighted by Crippen LogP contribution is 2.40. The van der Waals surface area contributed by atoms with Crippen LogP contribution < -0.4 is 9.47 Å². The highest BCUT2D eigenvalue weighted by Gasteiger charge is 2.21. The number of benzene rings is 4. The molecule has 0 aliphatic heterocycles. The first-order valence-electron chi connectivity index (χ1n) is 15.0. The van der Waals surface area contributed by atoms with Crippen molar-refractivity contribution in [2.75, 3.05) is 25.0 Å². The fourth-order valence-corrected chi connectivity index (χ4v) is 7.22. The Hall–Kier alpha value is -2.38. The Morgan fingerprint density at radius 3 is 1.14 bits per heavy atom. The zero-order valence-corrected chi connectivity index (χ0v) is 29.2. The lowest BCUT2D eigenvalue weighted by Crippen LogP contribution is -2.07. The van der Waals surface area contributed by atoms with Crippen LogP contribution in [0.4, 0.5) is 0 Å². The van der Waals surface area contributed by atoms with Gasteiger partial charge in [-0.2, -0.15) is 0 Å². The molecule has 1 aliphatic rings. The maximum Gasteiger partial charge on any atom is 0.126 e. The lowest BCUT2D eigenvalue weighted by molar-refractivity contribution is 0.304. The van der Waals surface area contributed by atoms with Gasteiger partial charge in [-0.3, -0.25) is 0 Å². The van der Waals surface area contributed by atoms with Crippen LogP contribution in [0.2, 0.25) is 0 Å². The SMILES string of the molecule is Oc1c2cc(Br)cc1Cc1cccc(c1OCCCCCl)Cc1cc(Br)cc(c1O)Cc1cccc(c1OCCCCCl)C2. The van der Waals surface area contributed by atoms with Gasteiger partial charge in [-0.25, -0.2) is 0 Å². The number of unbranched alkanes of at least 4 members (excludes halogenated alkanes) is 2. The van der Waals surface area contributed by atoms with Crippen molar-refractivity contribution in [3.8, 4) is 23.0 Å². The topological polar surface area (TPSA) is 58.9 Å². The molecule has 0 atom stereocenters. The molecule has 1 aliphatic carbocycles. The number of halogens is 4. The maximum absolute atomic E-state index is 11.6. The van der Waals surface area contributed by atoms with E-state index in [1.54, 1.807) is 0 Å². The largest absolute Gasteiger partial charge is 0.507 e. The molecule has 0 fully saturated rings. The zero-order chi connectivity index (χ0) is 31.1. The minimum absolute atomic E-state index is 0.268. The van der Waals surface area contributed by atoms with Gasteiger partial charge in [-0.05, 0) is 94.5 Å². The summed E-state index contributed by atoms with van der Waals surface area (Å²) in [6.07, 6.45) is 5.33. The molecule has 0 unspecified atom stereocenters. The molecular weight excluding hydrogens is 727 g/mol. The highest BCUT2D eigenvalue weighted by atomic mass is 79.9. The molecule has 0 saturated carbocycles. The Kier molecular flexibility index (Phi) is 11.8. The van der Waals surface area contributed by atoms with E-state index >= 15 is 0 Å². The number of phenols is 2. The average Bonchev–Trinajstić information content (AvgIpc) is 2.99. The van der Waals surface area contributed by atoms with Gasteiger partial charge >= 0.3 is 0 Å². The molecule has 2 N–H and O–H groups in total. The Balaban J connectivity index is 1.67. The highest BCUT2D eigenvalue weighted by molar-refractivity contribution is 9.10. The maximum atomic E-state index is 11.6. The van der Waals surface area contributed by atoms with E-state index in [2.05, 4.69) is 31.9 Å². The van der Waals surface area contributed by atoms with Crippen LogP contribution >= 0.6 is 55.1 Å². The van der Waals surface area contributed by atoms with Gasteiger partial charge in [0.25, 0.3) is 0 Å². The molecule has 0 radical (unpaired) electrons. The van der Waals surface area contributed by atoms with Gasteiger partial charge in [0.1, 0.15) is 23.0 Å². The summed E-state index contributed by atoms with van der Waals surface area (Å²) in [5, 5.41) is 23.2. The van der Waals surface area contributed by atoms with Crippen LogP contribution in [0.25, 0.3) is 0 Å². The van der Waals surface area contributed by atoms with Crippen LogP contribution in [0.15, 0.2) is 69.6 Å². The standard InChI is InChI=1S/C36H36Br2Cl2O4/c37-31-19-27-15-23-7-5-8-24(35(23)43-13-3-1-11-39)16-28-20-32(38)22-30(34(28)42)18-26-10-6-9-25(17-29(21-31)33(27)41)36(26)44-14-4-2-12-40/h5-10,19-22,41-42H,1-4,11-18H2. The molecule has 0 spiro atoms. The average molecular weight is 763 g/mol. The number of fused-ring (bicyclic) bond motifs is 8. The first kappa shape index (κ1) is 33.0. The van der Waals surface area contributed by atoms with Gasteiger partial charge < -0.3 is 19.7 Å². The van der Waals surface area contributed by atoms with Gasteiger partial charge in [0, 0.05) is 46.4 Å². The summed E-state index contributed by atoms with van der Waals surface area (Å²) in [4.78, 5) is 0. The van der Waals surface area contributed by atoms with Gasteiger partial charge in [-0.1, -0.05) is 68.3 Å². The molecule has 44 heavy (non-hydrogen) atoms. The van der Waals surface area contributed by atoms with E-state index in [9.17, 15) is 10.2 Å². The predicted molar refractivity (Wildman–Crippen MR) is 187 cm³/mol. The van der Waals surface area contributed by atoms with Crippen molar-refractivity contribution in [2.24, 2.45) is 0 Å². The quantitative estimate of drug-likeness (QED) is 0.110. The smallest absolute Gasteiger partial charge is 0.126 e. The number of hydrogen-bond acceptors (Lipinski definition) is 4. The molecule has 0 saturated heterocycles. The lowest BCUT2D eigenvalue weighted by atomic mass is 9.91. The Bertz CT molecular complexity index is 1400. The molecule has 8 bridgehead atoms. The third-order valence-electron chi connectivity index (χ3n) is 7.89. The van der Waals surface area contributed by atoms with Crippen molar-refractivity contribution in [1.82, 2.24) is 0 Å². The molecule has 5 rings (SSSR count). The molecule has 0 heterocycles. The predicted octanol–water partition coefficient (Wildman–Crippen LogP) is 10.1. The zero-order valence-electron chi connectivity index (χ0n) is 24.5. The summed E-state index contributed by atoms with van der Waals surface area (Å²) in [5.41, 5.74) is 7.10. The Morgan fingerprint density at radius 2 is 0.841 bits per heavy atom. The number of ether oxygens (including phenoxy) is 2. The number of alkyl halides is 2. The summed E-state index contributed by atoms with van der Waals surface area (Å²) < 4.78 is 14.7.